The number of allylic oxidation sites excluding steroid dienone is 2. The molecule has 8 aliphatic rings. The first-order valence-electron chi connectivity index (χ1n) is 33.5. The number of fused-ring (bicyclic) bond motifs is 15. The molecule has 4 aromatic carbocycles. The van der Waals surface area contributed by atoms with Crippen LogP contribution in [0.2, 0.25) is 10.0 Å². The largest absolute Gasteiger partial charge is 0.497 e. The molecule has 104 heavy (non-hydrogen) atoms. The fourth-order valence-electron chi connectivity index (χ4n) is 13.7. The lowest BCUT2D eigenvalue weighted by Gasteiger charge is -2.47. The third kappa shape index (κ3) is 16.5. The molecule has 564 valence electrons. The van der Waals surface area contributed by atoms with E-state index in [0.717, 1.165) is 4.90 Å². The van der Waals surface area contributed by atoms with Crippen molar-refractivity contribution >= 4 is 75.9 Å². The number of benzene rings is 4. The van der Waals surface area contributed by atoms with Crippen molar-refractivity contribution in [3.8, 4) is 40.2 Å². The molecule has 7 heterocycles. The zero-order valence-corrected chi connectivity index (χ0v) is 60.2. The fraction of sp³-hybridized carbons (Fsp3) is 0.500. The molecule has 34 heteroatoms. The van der Waals surface area contributed by atoms with Crippen LogP contribution in [0.4, 0.5) is 0 Å². The summed E-state index contributed by atoms with van der Waals surface area (Å²) in [6, 6.07) is 1.48. The number of aliphatic hydroxyl groups excluding tert-OH is 8. The highest BCUT2D eigenvalue weighted by atomic mass is 35.5. The number of likely N-dealkylation sites (N-methyl/N-ethyl adjacent to an activating group) is 2. The minimum Gasteiger partial charge on any atom is -0.497 e. The lowest BCUT2D eigenvalue weighted by Crippen LogP contribution is -2.64. The average Bonchev–Trinajstić information content (AvgIpc) is 0.759. The molecule has 19 atom stereocenters. The Bertz CT molecular complexity index is 4000. The zero-order chi connectivity index (χ0) is 75.7. The molecule has 12 rings (SSSR count). The molecule has 1 aliphatic carbocycles. The van der Waals surface area contributed by atoms with Gasteiger partial charge in [-0.2, -0.15) is 0 Å². The third-order valence-corrected chi connectivity index (χ3v) is 20.4. The van der Waals surface area contributed by atoms with Gasteiger partial charge in [0.05, 0.1) is 74.8 Å². The Kier molecular flexibility index (Phi) is 24.9. The molecule has 31 nitrogen and oxygen atoms in total. The molecule has 0 spiro atoms. The molecule has 0 radical (unpaired) electrons. The van der Waals surface area contributed by atoms with Crippen LogP contribution in [0.3, 0.4) is 0 Å². The van der Waals surface area contributed by atoms with Crippen LogP contribution in [-0.2, 0) is 43.0 Å². The highest BCUT2D eigenvalue weighted by Crippen LogP contribution is 2.50. The molecule has 0 aromatic heterocycles. The Labute approximate surface area is 613 Å². The Morgan fingerprint density at radius 3 is 2.02 bits per heavy atom. The van der Waals surface area contributed by atoms with Crippen molar-refractivity contribution < 1.29 is 108 Å². The molecule has 0 saturated carbocycles. The van der Waals surface area contributed by atoms with Crippen molar-refractivity contribution in [1.82, 2.24) is 36.8 Å². The summed E-state index contributed by atoms with van der Waals surface area (Å²) in [5.74, 6) is -8.82. The van der Waals surface area contributed by atoms with E-state index in [9.17, 15) is 55.2 Å². The van der Waals surface area contributed by atoms with E-state index in [-0.39, 0.29) is 86.1 Å². The van der Waals surface area contributed by atoms with Gasteiger partial charge in [0, 0.05) is 36.6 Å². The van der Waals surface area contributed by atoms with Crippen LogP contribution in [0.1, 0.15) is 111 Å². The first-order chi connectivity index (χ1) is 49.3. The van der Waals surface area contributed by atoms with E-state index >= 15 is 14.4 Å². The predicted molar refractivity (Wildman–Crippen MR) is 375 cm³/mol. The molecule has 6 amide bonds. The SMILES string of the molecule is CNC(CC(C)C)C(=O)NC1C(=O)NC(CC(N)=O)C(=O)NC2C(=S)NC3C(=O)NC(C(=O)N(C)C(CO)c4cc(OC)cc(OC)c4C4CC3=CC=C4CO)C(O)c3ccc(c(Cl)c3)Oc3cc2cc(c3OC2OC(CO)C(O)C(O)C2OC2CC(C)(N)C(O)C(C)O2)Oc2ccc(cc2Cl)C1O. The van der Waals surface area contributed by atoms with E-state index in [2.05, 4.69) is 31.9 Å². The van der Waals surface area contributed by atoms with E-state index in [0.29, 0.717) is 11.1 Å². The zero-order valence-electron chi connectivity index (χ0n) is 57.9. The number of nitrogens with one attached hydrogen (secondary N) is 6. The van der Waals surface area contributed by atoms with E-state index in [1.807, 2.05) is 13.8 Å². The Hall–Kier alpha value is -7.87. The highest BCUT2D eigenvalue weighted by Gasteiger charge is 2.52. The van der Waals surface area contributed by atoms with Crippen molar-refractivity contribution in [1.29, 1.82) is 0 Å². The van der Waals surface area contributed by atoms with Gasteiger partial charge in [-0.05, 0) is 116 Å². The Morgan fingerprint density at radius 1 is 0.798 bits per heavy atom. The summed E-state index contributed by atoms with van der Waals surface area (Å²) in [6.07, 6.45) is -14.6. The van der Waals surface area contributed by atoms with Gasteiger partial charge in [-0.1, -0.05) is 73.6 Å². The lowest BCUT2D eigenvalue weighted by molar-refractivity contribution is -0.333. The average molecular weight is 1510 g/mol. The van der Waals surface area contributed by atoms with E-state index in [1.54, 1.807) is 25.1 Å². The normalized spacial score (nSPS) is 30.6. The maximum Gasteiger partial charge on any atom is 0.248 e. The number of thiocarbonyl (C=S) groups is 1. The maximum atomic E-state index is 15.8. The van der Waals surface area contributed by atoms with Gasteiger partial charge in [-0.15, -0.1) is 0 Å². The summed E-state index contributed by atoms with van der Waals surface area (Å²) < 4.78 is 50.7. The number of hydrogen-bond donors (Lipinski definition) is 16. The van der Waals surface area contributed by atoms with Gasteiger partial charge in [0.2, 0.25) is 47.5 Å². The van der Waals surface area contributed by atoms with Crippen LogP contribution in [0.15, 0.2) is 84.0 Å². The predicted octanol–water partition coefficient (Wildman–Crippen LogP) is 1.05. The molecule has 2 fully saturated rings. The van der Waals surface area contributed by atoms with Crippen molar-refractivity contribution in [2.75, 3.05) is 48.1 Å². The number of hydrogen-bond acceptors (Lipinski definition) is 25. The van der Waals surface area contributed by atoms with Crippen molar-refractivity contribution in [2.45, 2.75) is 169 Å². The number of amides is 6. The van der Waals surface area contributed by atoms with Crippen LogP contribution in [0.5, 0.6) is 40.2 Å². The van der Waals surface area contributed by atoms with E-state index in [4.69, 9.17) is 84.8 Å². The molecule has 18 N–H and O–H groups in total. The van der Waals surface area contributed by atoms with Crippen LogP contribution in [0.25, 0.3) is 0 Å². The molecule has 7 aliphatic heterocycles. The van der Waals surface area contributed by atoms with Crippen LogP contribution in [-0.4, -0.2) is 219 Å². The molecular formula is C70H87Cl2N9O22S. The standard InChI is InChI=1S/C70H87Cl2N9O22S/c1-28(2)15-40(75-5)63(91)78-54-56(86)31-11-13-43(38(71)17-31)99-46-19-34-20-47(60(46)103-69-61(59(89)58(88)48(27-84)101-69)102-50-24-70(4,74)62(90)29(3)98-50)100-44-14-12-32(18-39(44)72)57(87)55-68(95)81(6)42(26-83)37-21-35(96-7)22-45(97-8)51(37)36-16-30(9-10-33(36)25-82)52(65(93)79-55)80-67(104)53(34)77-64(92)41(23-49(73)85)76-66(54)94/h9-14,17-22,28-29,36,40-42,48,50,52-59,61-62,69,75,82-84,86-90H,15-16,23-27,74H2,1-8H3,(H2,73,85)(H,76,94)(H,77,92)(H,78,91)(H,79,93)(H,80,104). The number of rotatable bonds is 16. The molecular weight excluding hydrogens is 1420 g/mol. The minimum absolute atomic E-state index is 0.0584. The fourth-order valence-corrected chi connectivity index (χ4v) is 14.5. The number of nitrogens with zero attached hydrogens (tertiary/aromatic N) is 1. The summed E-state index contributed by atoms with van der Waals surface area (Å²) in [7, 11) is 5.63. The van der Waals surface area contributed by atoms with Crippen LogP contribution >= 0.6 is 35.4 Å². The van der Waals surface area contributed by atoms with Gasteiger partial charge in [0.15, 0.2) is 23.9 Å². The summed E-state index contributed by atoms with van der Waals surface area (Å²) >= 11 is 20.8. The van der Waals surface area contributed by atoms with Crippen molar-refractivity contribution in [3.63, 3.8) is 0 Å². The number of halogens is 2. The summed E-state index contributed by atoms with van der Waals surface area (Å²) in [6.45, 7) is 4.58. The molecule has 11 bridgehead atoms. The monoisotopic (exact) mass is 1510 g/mol. The number of carbonyl (C=O) groups is 6. The van der Waals surface area contributed by atoms with Crippen molar-refractivity contribution in [3.05, 3.63) is 122 Å². The summed E-state index contributed by atoms with van der Waals surface area (Å²) in [5.41, 5.74) is 11.9. The van der Waals surface area contributed by atoms with Gasteiger partial charge in [0.1, 0.15) is 88.7 Å². The second-order valence-electron chi connectivity index (χ2n) is 27.1. The van der Waals surface area contributed by atoms with Gasteiger partial charge < -0.3 is 127 Å². The second kappa shape index (κ2) is 32.9. The Balaban J connectivity index is 1.24. The molecule has 2 saturated heterocycles. The first kappa shape index (κ1) is 78.7. The minimum atomic E-state index is -2.00. The smallest absolute Gasteiger partial charge is 0.248 e. The maximum absolute atomic E-state index is 15.8. The second-order valence-corrected chi connectivity index (χ2v) is 28.4. The number of methoxy groups -OCH3 is 2. The number of primary amides is 1. The number of ether oxygens (including phenoxy) is 8. The number of aliphatic hydroxyl groups is 8. The first-order valence-corrected chi connectivity index (χ1v) is 34.7. The third-order valence-electron chi connectivity index (χ3n) is 19.4. The molecule has 19 unspecified atom stereocenters. The Morgan fingerprint density at radius 2 is 1.45 bits per heavy atom. The van der Waals surface area contributed by atoms with E-state index in [1.165, 1.54) is 89.8 Å². The van der Waals surface area contributed by atoms with Gasteiger partial charge in [-0.25, -0.2) is 0 Å². The van der Waals surface area contributed by atoms with Crippen molar-refractivity contribution in [2.24, 2.45) is 17.4 Å². The molecule has 4 aromatic rings. The van der Waals surface area contributed by atoms with Gasteiger partial charge >= 0.3 is 0 Å². The summed E-state index contributed by atoms with van der Waals surface area (Å²) in [5, 5.41) is 109. The topological polar surface area (TPSA) is 466 Å². The number of carbonyl (C=O) groups excluding carboxylic acids is 6. The lowest BCUT2D eigenvalue weighted by atomic mass is 9.76. The summed E-state index contributed by atoms with van der Waals surface area (Å²) in [4.78, 5) is 90.0. The number of nitrogens with two attached hydrogens (primary N) is 2. The van der Waals surface area contributed by atoms with E-state index < -0.39 is 199 Å². The highest BCUT2D eigenvalue weighted by molar-refractivity contribution is 7.80. The quantitative estimate of drug-likeness (QED) is 0.0697. The van der Waals surface area contributed by atoms with Crippen LogP contribution in [0, 0.1) is 5.92 Å². The van der Waals surface area contributed by atoms with Gasteiger partial charge in [0.25, 0.3) is 0 Å². The van der Waals surface area contributed by atoms with Gasteiger partial charge in [-0.3, -0.25) is 28.8 Å². The van der Waals surface area contributed by atoms with Crippen LogP contribution < -0.4 is 67.1 Å².